The van der Waals surface area contributed by atoms with Gasteiger partial charge in [0.25, 0.3) is 0 Å². The Morgan fingerprint density at radius 3 is 2.15 bits per heavy atom. The number of likely N-dealkylation sites (N-methyl/N-ethyl adjacent to an activating group) is 1. The van der Waals surface area contributed by atoms with Crippen LogP contribution in [-0.2, 0) is 25.5 Å². The van der Waals surface area contributed by atoms with Crippen LogP contribution < -0.4 is 26.4 Å². The largest absolute Gasteiger partial charge is 0.497 e. The molecule has 2 amide bonds. The van der Waals surface area contributed by atoms with E-state index in [0.717, 1.165) is 18.4 Å². The highest BCUT2D eigenvalue weighted by Crippen LogP contribution is 2.14. The molecule has 1 rings (SSSR count). The van der Waals surface area contributed by atoms with Gasteiger partial charge in [-0.25, -0.2) is 0 Å². The second kappa shape index (κ2) is 15.2. The van der Waals surface area contributed by atoms with Crippen molar-refractivity contribution >= 4 is 17.8 Å². The fraction of sp³-hybridized carbons (Fsp3) is 0.625. The van der Waals surface area contributed by atoms with Crippen molar-refractivity contribution in [1.82, 2.24) is 16.0 Å². The van der Waals surface area contributed by atoms with Crippen LogP contribution in [0.25, 0.3) is 0 Å². The number of methoxy groups -OCH3 is 2. The van der Waals surface area contributed by atoms with Crippen LogP contribution in [-0.4, -0.2) is 63.7 Å². The van der Waals surface area contributed by atoms with E-state index in [1.54, 1.807) is 7.11 Å². The molecule has 1 aromatic rings. The molecule has 0 aromatic heterocycles. The molecule has 0 spiro atoms. The number of hydrogen-bond donors (Lipinski definition) is 4. The van der Waals surface area contributed by atoms with Crippen molar-refractivity contribution in [3.63, 3.8) is 0 Å². The summed E-state index contributed by atoms with van der Waals surface area (Å²) in [5.41, 5.74) is 6.45. The minimum atomic E-state index is -0.763. The third-order valence-electron chi connectivity index (χ3n) is 5.34. The maximum absolute atomic E-state index is 13.2. The molecular weight excluding hydrogens is 424 g/mol. The summed E-state index contributed by atoms with van der Waals surface area (Å²) in [6, 6.07) is 5.28. The number of unbranched alkanes of at least 4 members (excludes halogenated alkanes) is 1. The third-order valence-corrected chi connectivity index (χ3v) is 5.34. The Hall–Kier alpha value is -2.65. The number of amides is 2. The van der Waals surface area contributed by atoms with E-state index < -0.39 is 24.1 Å². The van der Waals surface area contributed by atoms with Crippen LogP contribution in [0.4, 0.5) is 0 Å². The zero-order valence-electron chi connectivity index (χ0n) is 20.5. The zero-order chi connectivity index (χ0) is 24.8. The summed E-state index contributed by atoms with van der Waals surface area (Å²) in [6.07, 6.45) is 2.84. The minimum absolute atomic E-state index is 0.190. The quantitative estimate of drug-likeness (QED) is 0.226. The van der Waals surface area contributed by atoms with Crippen LogP contribution in [0.1, 0.15) is 45.1 Å². The van der Waals surface area contributed by atoms with Crippen LogP contribution in [0, 0.1) is 5.92 Å². The highest BCUT2D eigenvalue weighted by Gasteiger charge is 2.30. The fourth-order valence-electron chi connectivity index (χ4n) is 3.52. The molecule has 1 unspecified atom stereocenters. The van der Waals surface area contributed by atoms with Gasteiger partial charge < -0.3 is 25.8 Å². The van der Waals surface area contributed by atoms with Gasteiger partial charge in [0.1, 0.15) is 17.8 Å². The van der Waals surface area contributed by atoms with Crippen molar-refractivity contribution in [3.8, 4) is 5.75 Å². The second-order valence-corrected chi connectivity index (χ2v) is 8.44. The average molecular weight is 465 g/mol. The molecule has 3 atom stereocenters. The molecule has 33 heavy (non-hydrogen) atoms. The first-order chi connectivity index (χ1) is 15.7. The van der Waals surface area contributed by atoms with Crippen molar-refractivity contribution in [2.75, 3.05) is 27.8 Å². The lowest BCUT2D eigenvalue weighted by atomic mass is 9.99. The normalized spacial score (nSPS) is 13.7. The van der Waals surface area contributed by atoms with Gasteiger partial charge in [-0.15, -0.1) is 0 Å². The number of carbonyl (C=O) groups excluding carboxylic acids is 3. The average Bonchev–Trinajstić information content (AvgIpc) is 2.81. The number of nitrogens with one attached hydrogen (secondary N) is 3. The van der Waals surface area contributed by atoms with E-state index in [0.29, 0.717) is 31.6 Å². The summed E-state index contributed by atoms with van der Waals surface area (Å²) >= 11 is 0. The van der Waals surface area contributed by atoms with E-state index in [2.05, 4.69) is 16.0 Å². The van der Waals surface area contributed by atoms with Gasteiger partial charge in [-0.3, -0.25) is 19.7 Å². The Balaban J connectivity index is 2.99. The fourth-order valence-corrected chi connectivity index (χ4v) is 3.52. The zero-order valence-corrected chi connectivity index (χ0v) is 20.5. The molecule has 0 aliphatic carbocycles. The van der Waals surface area contributed by atoms with Crippen molar-refractivity contribution in [2.45, 2.75) is 64.1 Å². The lowest BCUT2D eigenvalue weighted by Crippen LogP contribution is -2.56. The Kier molecular flexibility index (Phi) is 13.1. The van der Waals surface area contributed by atoms with Crippen molar-refractivity contribution in [2.24, 2.45) is 11.7 Å². The van der Waals surface area contributed by atoms with Gasteiger partial charge in [-0.1, -0.05) is 32.4 Å². The predicted octanol–water partition coefficient (Wildman–Crippen LogP) is 1.14. The molecule has 5 N–H and O–H groups in total. The van der Waals surface area contributed by atoms with Crippen molar-refractivity contribution in [3.05, 3.63) is 29.8 Å². The van der Waals surface area contributed by atoms with Gasteiger partial charge in [0, 0.05) is 13.5 Å². The highest BCUT2D eigenvalue weighted by molar-refractivity contribution is 5.90. The lowest BCUT2D eigenvalue weighted by Gasteiger charge is -2.27. The maximum Gasteiger partial charge on any atom is 0.322 e. The van der Waals surface area contributed by atoms with E-state index in [1.165, 1.54) is 14.2 Å². The van der Waals surface area contributed by atoms with Gasteiger partial charge >= 0.3 is 5.97 Å². The molecule has 0 saturated heterocycles. The highest BCUT2D eigenvalue weighted by atomic mass is 16.5. The van der Waals surface area contributed by atoms with Gasteiger partial charge in [-0.05, 0) is 49.4 Å². The van der Waals surface area contributed by atoms with Crippen molar-refractivity contribution in [1.29, 1.82) is 0 Å². The Bertz CT molecular complexity index is 739. The van der Waals surface area contributed by atoms with Gasteiger partial charge in [0.15, 0.2) is 0 Å². The smallest absolute Gasteiger partial charge is 0.322 e. The maximum atomic E-state index is 13.2. The predicted molar refractivity (Wildman–Crippen MR) is 128 cm³/mol. The summed E-state index contributed by atoms with van der Waals surface area (Å²) < 4.78 is 10.1. The van der Waals surface area contributed by atoms with Gasteiger partial charge in [0.05, 0.1) is 20.3 Å². The van der Waals surface area contributed by atoms with Gasteiger partial charge in [-0.2, -0.15) is 0 Å². The molecule has 9 heteroatoms. The number of esters is 1. The Morgan fingerprint density at radius 1 is 0.970 bits per heavy atom. The molecule has 0 aliphatic rings. The summed E-state index contributed by atoms with van der Waals surface area (Å²) in [6.45, 7) is 4.53. The van der Waals surface area contributed by atoms with E-state index in [-0.39, 0.29) is 17.7 Å². The molecule has 186 valence electrons. The SMILES string of the molecule is CNC(=O)[C@H](Cc1ccc(OC)cc1)NC(=O)[C@H](CC(C)C)NC(CCCCN)C(=O)OC. The van der Waals surface area contributed by atoms with Crippen molar-refractivity contribution < 1.29 is 23.9 Å². The van der Waals surface area contributed by atoms with E-state index >= 15 is 0 Å². The lowest BCUT2D eigenvalue weighted by molar-refractivity contribution is -0.144. The third kappa shape index (κ3) is 10.2. The molecule has 0 radical (unpaired) electrons. The molecule has 0 fully saturated rings. The molecule has 9 nitrogen and oxygen atoms in total. The first-order valence-corrected chi connectivity index (χ1v) is 11.4. The summed E-state index contributed by atoms with van der Waals surface area (Å²) in [4.78, 5) is 38.0. The second-order valence-electron chi connectivity index (χ2n) is 8.44. The Labute approximate surface area is 197 Å². The van der Waals surface area contributed by atoms with Crippen LogP contribution in [0.15, 0.2) is 24.3 Å². The summed E-state index contributed by atoms with van der Waals surface area (Å²) in [5.74, 6) is -0.150. The summed E-state index contributed by atoms with van der Waals surface area (Å²) in [7, 11) is 4.44. The first kappa shape index (κ1) is 28.4. The monoisotopic (exact) mass is 464 g/mol. The molecule has 0 saturated carbocycles. The summed E-state index contributed by atoms with van der Waals surface area (Å²) in [5, 5.41) is 8.63. The Morgan fingerprint density at radius 2 is 1.64 bits per heavy atom. The van der Waals surface area contributed by atoms with Crippen LogP contribution >= 0.6 is 0 Å². The topological polar surface area (TPSA) is 132 Å². The van der Waals surface area contributed by atoms with Gasteiger partial charge in [0.2, 0.25) is 11.8 Å². The standard InChI is InChI=1S/C24H40N4O5/c1-16(2)14-20(27-19(24(31)33-5)8-6-7-13-25)23(30)28-21(22(29)26-3)15-17-9-11-18(32-4)12-10-17/h9-12,16,19-21,27H,6-8,13-15,25H2,1-5H3,(H,26,29)(H,28,30)/t19?,20-,21-/m0/s1. The molecular formula is C24H40N4O5. The number of hydrogen-bond acceptors (Lipinski definition) is 7. The number of nitrogens with two attached hydrogens (primary N) is 1. The first-order valence-electron chi connectivity index (χ1n) is 11.4. The number of ether oxygens (including phenoxy) is 2. The van der Waals surface area contributed by atoms with E-state index in [4.69, 9.17) is 15.2 Å². The minimum Gasteiger partial charge on any atom is -0.497 e. The molecule has 1 aromatic carbocycles. The number of carbonyl (C=O) groups is 3. The number of benzene rings is 1. The van der Waals surface area contributed by atoms with E-state index in [1.807, 2.05) is 38.1 Å². The number of rotatable bonds is 15. The van der Waals surface area contributed by atoms with Crippen LogP contribution in [0.5, 0.6) is 5.75 Å². The molecule has 0 heterocycles. The van der Waals surface area contributed by atoms with Crippen LogP contribution in [0.3, 0.4) is 0 Å². The molecule has 0 bridgehead atoms. The molecule has 0 aliphatic heterocycles. The van der Waals surface area contributed by atoms with Crippen LogP contribution in [0.2, 0.25) is 0 Å². The van der Waals surface area contributed by atoms with E-state index in [9.17, 15) is 14.4 Å².